The maximum Gasteiger partial charge on any atom is 0.240 e. The Morgan fingerprint density at radius 2 is 2.11 bits per heavy atom. The zero-order chi connectivity index (χ0) is 13.3. The largest absolute Gasteiger partial charge is 0.355 e. The molecule has 2 rings (SSSR count). The molecule has 0 radical (unpaired) electrons. The molecule has 0 atom stereocenters. The van der Waals surface area contributed by atoms with Gasteiger partial charge in [0.15, 0.2) is 4.77 Å². The molecule has 1 aromatic carbocycles. The van der Waals surface area contributed by atoms with Crippen molar-refractivity contribution in [1.29, 1.82) is 0 Å². The molecular formula is C11H11Cl2N3OS. The average molecular weight is 304 g/mol. The number of benzene rings is 1. The Morgan fingerprint density at radius 3 is 2.78 bits per heavy atom. The number of rotatable bonds is 3. The van der Waals surface area contributed by atoms with Crippen LogP contribution in [0.2, 0.25) is 10.0 Å². The quantitative estimate of drug-likeness (QED) is 0.856. The lowest BCUT2D eigenvalue weighted by molar-refractivity contribution is -0.121. The summed E-state index contributed by atoms with van der Waals surface area (Å²) in [5.74, 6) is -0.0967. The smallest absolute Gasteiger partial charge is 0.240 e. The van der Waals surface area contributed by atoms with Gasteiger partial charge in [0.2, 0.25) is 5.91 Å². The van der Waals surface area contributed by atoms with E-state index in [1.165, 1.54) is 0 Å². The van der Waals surface area contributed by atoms with Crippen molar-refractivity contribution in [1.82, 2.24) is 14.9 Å². The lowest BCUT2D eigenvalue weighted by Gasteiger charge is -2.05. The number of likely N-dealkylation sites (N-methyl/N-ethyl adjacent to an activating group) is 1. The van der Waals surface area contributed by atoms with Crippen LogP contribution in [0.3, 0.4) is 0 Å². The number of carbonyl (C=O) groups excluding carboxylic acids is 1. The highest BCUT2D eigenvalue weighted by Crippen LogP contribution is 2.27. The number of halogens is 2. The third kappa shape index (κ3) is 2.53. The van der Waals surface area contributed by atoms with Crippen molar-refractivity contribution < 1.29 is 4.79 Å². The molecule has 96 valence electrons. The molecule has 1 amide bonds. The molecular weight excluding hydrogens is 293 g/mol. The van der Waals surface area contributed by atoms with Gasteiger partial charge in [0.1, 0.15) is 6.54 Å². The van der Waals surface area contributed by atoms with Crippen molar-refractivity contribution in [3.63, 3.8) is 0 Å². The summed E-state index contributed by atoms with van der Waals surface area (Å²) >= 11 is 17.1. The van der Waals surface area contributed by atoms with E-state index in [0.29, 0.717) is 21.4 Å². The highest BCUT2D eigenvalue weighted by atomic mass is 35.5. The number of aromatic amines is 1. The lowest BCUT2D eigenvalue weighted by Crippen LogP contribution is -2.27. The van der Waals surface area contributed by atoms with Crippen LogP contribution < -0.4 is 5.32 Å². The molecule has 0 fully saturated rings. The highest BCUT2D eigenvalue weighted by Gasteiger charge is 2.10. The summed E-state index contributed by atoms with van der Waals surface area (Å²) in [6.07, 6.45) is 0. The van der Waals surface area contributed by atoms with Crippen LogP contribution in [0, 0.1) is 4.77 Å². The van der Waals surface area contributed by atoms with Crippen molar-refractivity contribution in [2.45, 2.75) is 13.5 Å². The van der Waals surface area contributed by atoms with Crippen LogP contribution in [0.4, 0.5) is 0 Å². The number of hydrogen-bond acceptors (Lipinski definition) is 2. The Bertz CT molecular complexity index is 662. The van der Waals surface area contributed by atoms with E-state index >= 15 is 0 Å². The fourth-order valence-electron chi connectivity index (χ4n) is 1.71. The van der Waals surface area contributed by atoms with Gasteiger partial charge in [-0.3, -0.25) is 4.79 Å². The number of fused-ring (bicyclic) bond motifs is 1. The third-order valence-electron chi connectivity index (χ3n) is 2.49. The minimum Gasteiger partial charge on any atom is -0.355 e. The molecule has 1 aromatic heterocycles. The zero-order valence-electron chi connectivity index (χ0n) is 9.59. The topological polar surface area (TPSA) is 49.8 Å². The van der Waals surface area contributed by atoms with Gasteiger partial charge in [0.25, 0.3) is 0 Å². The molecule has 2 aromatic rings. The number of amides is 1. The lowest BCUT2D eigenvalue weighted by atomic mass is 10.3. The van der Waals surface area contributed by atoms with Crippen molar-refractivity contribution in [2.75, 3.05) is 6.54 Å². The van der Waals surface area contributed by atoms with Crippen molar-refractivity contribution in [3.8, 4) is 0 Å². The summed E-state index contributed by atoms with van der Waals surface area (Å²) in [5.41, 5.74) is 1.53. The Balaban J connectivity index is 2.50. The summed E-state index contributed by atoms with van der Waals surface area (Å²) in [4.78, 5) is 14.6. The highest BCUT2D eigenvalue weighted by molar-refractivity contribution is 7.71. The second-order valence-corrected chi connectivity index (χ2v) is 4.95. The van der Waals surface area contributed by atoms with Gasteiger partial charge in [0, 0.05) is 6.54 Å². The Morgan fingerprint density at radius 1 is 1.44 bits per heavy atom. The van der Waals surface area contributed by atoms with E-state index in [1.807, 2.05) is 6.92 Å². The standard InChI is InChI=1S/C11H11Cl2N3OS/c1-2-14-10(17)5-16-9-4-7(13)6(12)3-8(9)15-11(16)18/h3-4H,2,5H2,1H3,(H,14,17)(H,15,18). The number of hydrogen-bond donors (Lipinski definition) is 2. The minimum atomic E-state index is -0.0967. The van der Waals surface area contributed by atoms with Crippen LogP contribution >= 0.6 is 35.4 Å². The molecule has 0 aliphatic heterocycles. The first-order chi connectivity index (χ1) is 8.52. The van der Waals surface area contributed by atoms with E-state index in [0.717, 1.165) is 11.0 Å². The fourth-order valence-corrected chi connectivity index (χ4v) is 2.30. The van der Waals surface area contributed by atoms with Crippen LogP contribution in [0.1, 0.15) is 6.92 Å². The van der Waals surface area contributed by atoms with Gasteiger partial charge in [-0.15, -0.1) is 0 Å². The van der Waals surface area contributed by atoms with E-state index in [1.54, 1.807) is 16.7 Å². The van der Waals surface area contributed by atoms with Gasteiger partial charge in [-0.1, -0.05) is 23.2 Å². The SMILES string of the molecule is CCNC(=O)Cn1c(=S)[nH]c2cc(Cl)c(Cl)cc21. The van der Waals surface area contributed by atoms with Gasteiger partial charge >= 0.3 is 0 Å². The summed E-state index contributed by atoms with van der Waals surface area (Å²) in [7, 11) is 0. The van der Waals surface area contributed by atoms with Crippen molar-refractivity contribution in [2.24, 2.45) is 0 Å². The molecule has 2 N–H and O–H groups in total. The fraction of sp³-hybridized carbons (Fsp3) is 0.273. The van der Waals surface area contributed by atoms with Gasteiger partial charge in [-0.05, 0) is 31.3 Å². The first-order valence-electron chi connectivity index (χ1n) is 5.37. The summed E-state index contributed by atoms with van der Waals surface area (Å²) in [6.45, 7) is 2.61. The molecule has 7 heteroatoms. The second kappa shape index (κ2) is 5.30. The van der Waals surface area contributed by atoms with Gasteiger partial charge in [-0.2, -0.15) is 0 Å². The van der Waals surface area contributed by atoms with Gasteiger partial charge in [0.05, 0.1) is 21.1 Å². The molecule has 0 saturated carbocycles. The molecule has 0 saturated heterocycles. The normalized spacial score (nSPS) is 10.8. The maximum absolute atomic E-state index is 11.6. The number of H-pyrrole nitrogens is 1. The van der Waals surface area contributed by atoms with Crippen molar-refractivity contribution in [3.05, 3.63) is 26.9 Å². The number of imidazole rings is 1. The third-order valence-corrected chi connectivity index (χ3v) is 3.54. The first-order valence-corrected chi connectivity index (χ1v) is 6.53. The van der Waals surface area contributed by atoms with Gasteiger partial charge in [-0.25, -0.2) is 0 Å². The second-order valence-electron chi connectivity index (χ2n) is 3.75. The van der Waals surface area contributed by atoms with Crippen LogP contribution in [-0.2, 0) is 11.3 Å². The van der Waals surface area contributed by atoms with Crippen LogP contribution in [-0.4, -0.2) is 22.0 Å². The predicted molar refractivity (Wildman–Crippen MR) is 75.8 cm³/mol. The van der Waals surface area contributed by atoms with E-state index < -0.39 is 0 Å². The Hall–Kier alpha value is -1.04. The molecule has 1 heterocycles. The van der Waals surface area contributed by atoms with Gasteiger partial charge < -0.3 is 14.9 Å². The summed E-state index contributed by atoms with van der Waals surface area (Å²) < 4.78 is 2.16. The Kier molecular flexibility index (Phi) is 3.94. The number of aromatic nitrogens is 2. The number of nitrogens with one attached hydrogen (secondary N) is 2. The average Bonchev–Trinajstić information content (AvgIpc) is 2.57. The first kappa shape index (κ1) is 13.4. The molecule has 0 aliphatic rings. The molecule has 18 heavy (non-hydrogen) atoms. The van der Waals surface area contributed by atoms with Crippen LogP contribution in [0.15, 0.2) is 12.1 Å². The molecule has 0 spiro atoms. The monoisotopic (exact) mass is 303 g/mol. The van der Waals surface area contributed by atoms with E-state index in [9.17, 15) is 4.79 Å². The van der Waals surface area contributed by atoms with Crippen LogP contribution in [0.25, 0.3) is 11.0 Å². The summed E-state index contributed by atoms with van der Waals surface area (Å²) in [5, 5.41) is 3.61. The maximum atomic E-state index is 11.6. The molecule has 0 bridgehead atoms. The molecule has 4 nitrogen and oxygen atoms in total. The number of carbonyl (C=O) groups is 1. The van der Waals surface area contributed by atoms with Crippen LogP contribution in [0.5, 0.6) is 0 Å². The van der Waals surface area contributed by atoms with E-state index in [2.05, 4.69) is 10.3 Å². The minimum absolute atomic E-state index is 0.0967. The zero-order valence-corrected chi connectivity index (χ0v) is 11.9. The van der Waals surface area contributed by atoms with E-state index in [4.69, 9.17) is 35.4 Å². The summed E-state index contributed by atoms with van der Waals surface area (Å²) in [6, 6.07) is 3.40. The molecule has 0 unspecified atom stereocenters. The predicted octanol–water partition coefficient (Wildman–Crippen LogP) is 3.14. The van der Waals surface area contributed by atoms with Crippen molar-refractivity contribution >= 4 is 52.4 Å². The number of nitrogens with zero attached hydrogens (tertiary/aromatic N) is 1. The molecule has 0 aliphatic carbocycles. The Labute approximate surface area is 119 Å². The van der Waals surface area contributed by atoms with E-state index in [-0.39, 0.29) is 12.5 Å².